The standard InChI is InChI=1S/C20H27N3O6S/c1-20(15-6-7-16-17(11-15)29-10-4-9-28-16)18(24)23(19(25)21-20)13-14-5-3-8-22(12-14)30(2,26)27/h6-7,11,14H,3-5,8-10,12-13H2,1-2H3,(H,21,25). The van der Waals surface area contributed by atoms with Crippen molar-refractivity contribution in [2.24, 2.45) is 5.92 Å². The Balaban J connectivity index is 1.53. The zero-order chi connectivity index (χ0) is 21.5. The molecule has 3 aliphatic rings. The number of ether oxygens (including phenoxy) is 2. The molecule has 0 aliphatic carbocycles. The number of carbonyl (C=O) groups excluding carboxylic acids is 2. The van der Waals surface area contributed by atoms with Gasteiger partial charge in [-0.15, -0.1) is 0 Å². The molecule has 2 saturated heterocycles. The molecule has 164 valence electrons. The second-order valence-electron chi connectivity index (χ2n) is 8.31. The Labute approximate surface area is 176 Å². The van der Waals surface area contributed by atoms with E-state index in [0.717, 1.165) is 12.8 Å². The van der Waals surface area contributed by atoms with Gasteiger partial charge in [0.1, 0.15) is 5.54 Å². The Bertz CT molecular complexity index is 965. The fourth-order valence-electron chi connectivity index (χ4n) is 4.27. The van der Waals surface area contributed by atoms with Gasteiger partial charge < -0.3 is 14.8 Å². The fraction of sp³-hybridized carbons (Fsp3) is 0.600. The number of urea groups is 1. The van der Waals surface area contributed by atoms with E-state index >= 15 is 0 Å². The van der Waals surface area contributed by atoms with Crippen LogP contribution in [0.3, 0.4) is 0 Å². The summed E-state index contributed by atoms with van der Waals surface area (Å²) in [5.41, 5.74) is -0.596. The molecule has 2 unspecified atom stereocenters. The monoisotopic (exact) mass is 437 g/mol. The van der Waals surface area contributed by atoms with Crippen molar-refractivity contribution in [3.8, 4) is 11.5 Å². The summed E-state index contributed by atoms with van der Waals surface area (Å²) in [6.45, 7) is 3.76. The van der Waals surface area contributed by atoms with Crippen LogP contribution in [-0.4, -0.2) is 68.7 Å². The number of hydrogen-bond acceptors (Lipinski definition) is 6. The van der Waals surface area contributed by atoms with Crippen molar-refractivity contribution >= 4 is 22.0 Å². The van der Waals surface area contributed by atoms with E-state index in [1.165, 1.54) is 15.5 Å². The molecule has 0 aromatic heterocycles. The summed E-state index contributed by atoms with van der Waals surface area (Å²) >= 11 is 0. The van der Waals surface area contributed by atoms with Gasteiger partial charge in [-0.1, -0.05) is 6.07 Å². The average Bonchev–Trinajstić information content (AvgIpc) is 2.87. The molecule has 30 heavy (non-hydrogen) atoms. The minimum atomic E-state index is -3.29. The van der Waals surface area contributed by atoms with Gasteiger partial charge in [-0.25, -0.2) is 17.5 Å². The number of amides is 3. The number of nitrogens with one attached hydrogen (secondary N) is 1. The van der Waals surface area contributed by atoms with Crippen molar-refractivity contribution in [2.45, 2.75) is 31.7 Å². The molecular formula is C20H27N3O6S. The number of fused-ring (bicyclic) bond motifs is 1. The molecule has 0 radical (unpaired) electrons. The second-order valence-corrected chi connectivity index (χ2v) is 10.3. The predicted molar refractivity (Wildman–Crippen MR) is 109 cm³/mol. The lowest BCUT2D eigenvalue weighted by molar-refractivity contribution is -0.131. The third kappa shape index (κ3) is 3.85. The SMILES string of the molecule is CC1(c2ccc3c(c2)OCCCO3)NC(=O)N(CC2CCCN(S(C)(=O)=O)C2)C1=O. The highest BCUT2D eigenvalue weighted by Crippen LogP contribution is 2.37. The second kappa shape index (κ2) is 7.73. The molecule has 3 amide bonds. The van der Waals surface area contributed by atoms with E-state index in [4.69, 9.17) is 9.47 Å². The Kier molecular flexibility index (Phi) is 5.39. The summed E-state index contributed by atoms with van der Waals surface area (Å²) in [6.07, 6.45) is 3.44. The van der Waals surface area contributed by atoms with Crippen molar-refractivity contribution in [3.05, 3.63) is 23.8 Å². The zero-order valence-corrected chi connectivity index (χ0v) is 18.0. The first kappa shape index (κ1) is 20.9. The largest absolute Gasteiger partial charge is 0.490 e. The summed E-state index contributed by atoms with van der Waals surface area (Å²) in [6, 6.07) is 4.80. The van der Waals surface area contributed by atoms with E-state index in [-0.39, 0.29) is 18.4 Å². The van der Waals surface area contributed by atoms with Crippen molar-refractivity contribution in [1.29, 1.82) is 0 Å². The van der Waals surface area contributed by atoms with E-state index in [2.05, 4.69) is 5.32 Å². The Morgan fingerprint density at radius 2 is 1.90 bits per heavy atom. The van der Waals surface area contributed by atoms with Crippen LogP contribution in [0.1, 0.15) is 31.7 Å². The van der Waals surface area contributed by atoms with Gasteiger partial charge in [0.15, 0.2) is 11.5 Å². The zero-order valence-electron chi connectivity index (χ0n) is 17.2. The maximum Gasteiger partial charge on any atom is 0.325 e. The maximum absolute atomic E-state index is 13.3. The highest BCUT2D eigenvalue weighted by Gasteiger charge is 2.50. The minimum absolute atomic E-state index is 0.0886. The van der Waals surface area contributed by atoms with Crippen LogP contribution in [0.15, 0.2) is 18.2 Å². The quantitative estimate of drug-likeness (QED) is 0.712. The number of hydrogen-bond donors (Lipinski definition) is 1. The summed E-state index contributed by atoms with van der Waals surface area (Å²) in [7, 11) is -3.29. The van der Waals surface area contributed by atoms with E-state index in [1.54, 1.807) is 25.1 Å². The first-order valence-corrected chi connectivity index (χ1v) is 12.0. The molecule has 2 atom stereocenters. The number of benzene rings is 1. The highest BCUT2D eigenvalue weighted by molar-refractivity contribution is 7.88. The number of imide groups is 1. The number of carbonyl (C=O) groups is 2. The molecule has 0 saturated carbocycles. The van der Waals surface area contributed by atoms with E-state index in [1.807, 2.05) is 0 Å². The summed E-state index contributed by atoms with van der Waals surface area (Å²) in [4.78, 5) is 27.1. The molecule has 4 rings (SSSR count). The van der Waals surface area contributed by atoms with Crippen molar-refractivity contribution in [1.82, 2.24) is 14.5 Å². The van der Waals surface area contributed by atoms with Crippen molar-refractivity contribution in [2.75, 3.05) is 39.1 Å². The molecule has 1 aromatic rings. The van der Waals surface area contributed by atoms with Crippen molar-refractivity contribution < 1.29 is 27.5 Å². The van der Waals surface area contributed by atoms with Gasteiger partial charge >= 0.3 is 6.03 Å². The number of rotatable bonds is 4. The lowest BCUT2D eigenvalue weighted by atomic mass is 9.91. The third-order valence-electron chi connectivity index (χ3n) is 5.99. The topological polar surface area (TPSA) is 105 Å². The van der Waals surface area contributed by atoms with E-state index in [9.17, 15) is 18.0 Å². The molecule has 9 nitrogen and oxygen atoms in total. The molecular weight excluding hydrogens is 410 g/mol. The minimum Gasteiger partial charge on any atom is -0.490 e. The molecule has 0 bridgehead atoms. The van der Waals surface area contributed by atoms with Crippen molar-refractivity contribution in [3.63, 3.8) is 0 Å². The van der Waals surface area contributed by atoms with Gasteiger partial charge in [0.25, 0.3) is 5.91 Å². The predicted octanol–water partition coefficient (Wildman–Crippen LogP) is 1.29. The Morgan fingerprint density at radius 3 is 2.63 bits per heavy atom. The van der Waals surface area contributed by atoms with Gasteiger partial charge in [0.2, 0.25) is 10.0 Å². The Morgan fingerprint density at radius 1 is 1.17 bits per heavy atom. The first-order valence-electron chi connectivity index (χ1n) is 10.2. The van der Waals surface area contributed by atoms with E-state index in [0.29, 0.717) is 49.8 Å². The van der Waals surface area contributed by atoms with Gasteiger partial charge in [0.05, 0.1) is 19.5 Å². The molecule has 3 aliphatic heterocycles. The summed E-state index contributed by atoms with van der Waals surface area (Å²) in [5, 5.41) is 2.81. The molecule has 3 heterocycles. The van der Waals surface area contributed by atoms with Crippen LogP contribution in [0, 0.1) is 5.92 Å². The lowest BCUT2D eigenvalue weighted by Crippen LogP contribution is -2.45. The Hall–Kier alpha value is -2.33. The highest BCUT2D eigenvalue weighted by atomic mass is 32.2. The smallest absolute Gasteiger partial charge is 0.325 e. The van der Waals surface area contributed by atoms with Gasteiger partial charge in [0, 0.05) is 26.1 Å². The van der Waals surface area contributed by atoms with Crippen LogP contribution >= 0.6 is 0 Å². The lowest BCUT2D eigenvalue weighted by Gasteiger charge is -2.32. The van der Waals surface area contributed by atoms with Crippen LogP contribution in [0.5, 0.6) is 11.5 Å². The van der Waals surface area contributed by atoms with Gasteiger partial charge in [-0.3, -0.25) is 9.69 Å². The normalized spacial score (nSPS) is 27.7. The molecule has 1 N–H and O–H groups in total. The van der Waals surface area contributed by atoms with Gasteiger partial charge in [-0.05, 0) is 43.4 Å². The maximum atomic E-state index is 13.3. The van der Waals surface area contributed by atoms with Crippen LogP contribution in [0.25, 0.3) is 0 Å². The van der Waals surface area contributed by atoms with Crippen LogP contribution in [-0.2, 0) is 20.4 Å². The number of piperidine rings is 1. The molecule has 10 heteroatoms. The average molecular weight is 438 g/mol. The molecule has 1 aromatic carbocycles. The number of sulfonamides is 1. The van der Waals surface area contributed by atoms with Crippen LogP contribution in [0.2, 0.25) is 0 Å². The summed E-state index contributed by atoms with van der Waals surface area (Å²) < 4.78 is 36.5. The van der Waals surface area contributed by atoms with Gasteiger partial charge in [-0.2, -0.15) is 0 Å². The molecule has 2 fully saturated rings. The number of nitrogens with zero attached hydrogens (tertiary/aromatic N) is 2. The summed E-state index contributed by atoms with van der Waals surface area (Å²) in [5.74, 6) is 0.743. The van der Waals surface area contributed by atoms with E-state index < -0.39 is 21.6 Å². The first-order chi connectivity index (χ1) is 14.2. The molecule has 0 spiro atoms. The third-order valence-corrected chi connectivity index (χ3v) is 7.26. The van der Waals surface area contributed by atoms with Crippen LogP contribution < -0.4 is 14.8 Å². The van der Waals surface area contributed by atoms with Crippen LogP contribution in [0.4, 0.5) is 4.79 Å². The fourth-order valence-corrected chi connectivity index (χ4v) is 5.21.